The van der Waals surface area contributed by atoms with Crippen LogP contribution in [0.5, 0.6) is 0 Å². The summed E-state index contributed by atoms with van der Waals surface area (Å²) in [4.78, 5) is 12.6. The normalized spacial score (nSPS) is 18.6. The first-order valence-corrected chi connectivity index (χ1v) is 8.46. The molecule has 6 nitrogen and oxygen atoms in total. The van der Waals surface area contributed by atoms with Gasteiger partial charge in [-0.05, 0) is 38.3 Å². The van der Waals surface area contributed by atoms with E-state index in [9.17, 15) is 13.2 Å². The molecule has 112 valence electrons. The van der Waals surface area contributed by atoms with E-state index in [1.54, 1.807) is 0 Å². The summed E-state index contributed by atoms with van der Waals surface area (Å²) < 4.78 is 25.7. The van der Waals surface area contributed by atoms with Gasteiger partial charge in [0.2, 0.25) is 10.0 Å². The number of likely N-dealkylation sites (tertiary alicyclic amines) is 1. The van der Waals surface area contributed by atoms with Gasteiger partial charge >= 0.3 is 5.97 Å². The third-order valence-electron chi connectivity index (χ3n) is 3.43. The number of aliphatic carboxylic acids is 1. The van der Waals surface area contributed by atoms with Gasteiger partial charge in [-0.1, -0.05) is 6.92 Å². The largest absolute Gasteiger partial charge is 0.481 e. The van der Waals surface area contributed by atoms with Gasteiger partial charge in [0.1, 0.15) is 0 Å². The molecular weight excluding hydrogens is 268 g/mol. The molecule has 0 bridgehead atoms. The van der Waals surface area contributed by atoms with Gasteiger partial charge in [-0.15, -0.1) is 0 Å². The Hall–Kier alpha value is -0.660. The lowest BCUT2D eigenvalue weighted by Crippen LogP contribution is -2.39. The number of rotatable bonds is 8. The Morgan fingerprint density at radius 2 is 2.00 bits per heavy atom. The molecule has 0 atom stereocenters. The Balaban J connectivity index is 2.15. The summed E-state index contributed by atoms with van der Waals surface area (Å²) in [5.74, 6) is -0.308. The number of nitrogens with zero attached hydrogens (tertiary/aromatic N) is 1. The minimum atomic E-state index is -3.33. The second-order valence-corrected chi connectivity index (χ2v) is 7.16. The Morgan fingerprint density at radius 1 is 1.37 bits per heavy atom. The Morgan fingerprint density at radius 3 is 2.58 bits per heavy atom. The first-order valence-electron chi connectivity index (χ1n) is 6.80. The van der Waals surface area contributed by atoms with E-state index in [0.29, 0.717) is 6.54 Å². The number of hydrogen-bond donors (Lipinski definition) is 2. The van der Waals surface area contributed by atoms with Crippen LogP contribution in [0, 0.1) is 5.92 Å². The number of piperidine rings is 1. The number of carboxylic acid groups (broad SMARTS) is 1. The minimum absolute atomic E-state index is 0.106. The summed E-state index contributed by atoms with van der Waals surface area (Å²) >= 11 is 0. The summed E-state index contributed by atoms with van der Waals surface area (Å²) in [6.07, 6.45) is 2.40. The van der Waals surface area contributed by atoms with Crippen LogP contribution < -0.4 is 4.72 Å². The van der Waals surface area contributed by atoms with E-state index < -0.39 is 16.0 Å². The maximum Gasteiger partial charge on any atom is 0.303 e. The maximum absolute atomic E-state index is 11.6. The highest BCUT2D eigenvalue weighted by Gasteiger charge is 2.16. The van der Waals surface area contributed by atoms with Gasteiger partial charge in [0.15, 0.2) is 0 Å². The fourth-order valence-corrected chi connectivity index (χ4v) is 3.20. The second kappa shape index (κ2) is 7.81. The van der Waals surface area contributed by atoms with Crippen LogP contribution in [-0.4, -0.2) is 56.3 Å². The van der Waals surface area contributed by atoms with Crippen LogP contribution in [0.25, 0.3) is 0 Å². The monoisotopic (exact) mass is 292 g/mol. The Kier molecular flexibility index (Phi) is 6.74. The SMILES string of the molecule is CC1CCN(CCNS(=O)(=O)CCCC(=O)O)CC1. The lowest BCUT2D eigenvalue weighted by molar-refractivity contribution is -0.137. The highest BCUT2D eigenvalue weighted by atomic mass is 32.2. The summed E-state index contributed by atoms with van der Waals surface area (Å²) in [6.45, 7) is 5.43. The van der Waals surface area contributed by atoms with Crippen molar-refractivity contribution in [2.24, 2.45) is 5.92 Å². The van der Waals surface area contributed by atoms with Gasteiger partial charge in [0.05, 0.1) is 5.75 Å². The van der Waals surface area contributed by atoms with E-state index in [-0.39, 0.29) is 18.6 Å². The van der Waals surface area contributed by atoms with Crippen LogP contribution in [0.4, 0.5) is 0 Å². The molecule has 19 heavy (non-hydrogen) atoms. The zero-order valence-electron chi connectivity index (χ0n) is 11.5. The molecule has 0 aromatic carbocycles. The zero-order chi connectivity index (χ0) is 14.3. The van der Waals surface area contributed by atoms with Crippen LogP contribution in [0.3, 0.4) is 0 Å². The topological polar surface area (TPSA) is 86.7 Å². The average molecular weight is 292 g/mol. The Bertz CT molecular complexity index is 375. The van der Waals surface area contributed by atoms with Crippen LogP contribution in [0.15, 0.2) is 0 Å². The first-order chi connectivity index (χ1) is 8.89. The molecule has 0 spiro atoms. The van der Waals surface area contributed by atoms with Crippen molar-refractivity contribution in [3.63, 3.8) is 0 Å². The standard InChI is InChI=1S/C12H24N2O4S/c1-11-4-7-14(8-5-11)9-6-13-19(17,18)10-2-3-12(15)16/h11,13H,2-10H2,1H3,(H,15,16). The second-order valence-electron chi connectivity index (χ2n) is 5.23. The molecular formula is C12H24N2O4S. The molecule has 1 aliphatic rings. The predicted molar refractivity (Wildman–Crippen MR) is 73.5 cm³/mol. The van der Waals surface area contributed by atoms with Crippen molar-refractivity contribution < 1.29 is 18.3 Å². The van der Waals surface area contributed by atoms with Crippen molar-refractivity contribution in [2.45, 2.75) is 32.6 Å². The van der Waals surface area contributed by atoms with Crippen molar-refractivity contribution in [3.8, 4) is 0 Å². The van der Waals surface area contributed by atoms with Crippen molar-refractivity contribution >= 4 is 16.0 Å². The molecule has 0 radical (unpaired) electrons. The van der Waals surface area contributed by atoms with E-state index >= 15 is 0 Å². The molecule has 1 saturated heterocycles. The van der Waals surface area contributed by atoms with Crippen LogP contribution in [0.1, 0.15) is 32.6 Å². The zero-order valence-corrected chi connectivity index (χ0v) is 12.3. The summed E-state index contributed by atoms with van der Waals surface area (Å²) in [5, 5.41) is 8.46. The lowest BCUT2D eigenvalue weighted by Gasteiger charge is -2.30. The minimum Gasteiger partial charge on any atom is -0.481 e. The molecule has 0 aliphatic carbocycles. The van der Waals surface area contributed by atoms with Gasteiger partial charge in [-0.25, -0.2) is 13.1 Å². The predicted octanol–water partition coefficient (Wildman–Crippen LogP) is 0.503. The van der Waals surface area contributed by atoms with E-state index in [1.165, 1.54) is 12.8 Å². The average Bonchev–Trinajstić information content (AvgIpc) is 2.30. The molecule has 0 amide bonds. The molecule has 0 unspecified atom stereocenters. The van der Waals surface area contributed by atoms with Crippen molar-refractivity contribution in [2.75, 3.05) is 31.9 Å². The van der Waals surface area contributed by atoms with Gasteiger partial charge in [0, 0.05) is 19.5 Å². The number of sulfonamides is 1. The number of carboxylic acids is 1. The van der Waals surface area contributed by atoms with Crippen LogP contribution >= 0.6 is 0 Å². The molecule has 1 aliphatic heterocycles. The van der Waals surface area contributed by atoms with Gasteiger partial charge in [-0.3, -0.25) is 4.79 Å². The van der Waals surface area contributed by atoms with Crippen molar-refractivity contribution in [1.82, 2.24) is 9.62 Å². The Labute approximate surface area is 115 Å². The molecule has 0 aromatic heterocycles. The molecule has 1 fully saturated rings. The van der Waals surface area contributed by atoms with Gasteiger partial charge in [0.25, 0.3) is 0 Å². The molecule has 2 N–H and O–H groups in total. The van der Waals surface area contributed by atoms with Gasteiger partial charge in [-0.2, -0.15) is 0 Å². The molecule has 7 heteroatoms. The fourth-order valence-electron chi connectivity index (χ4n) is 2.13. The highest BCUT2D eigenvalue weighted by Crippen LogP contribution is 2.15. The fraction of sp³-hybridized carbons (Fsp3) is 0.917. The van der Waals surface area contributed by atoms with Crippen LogP contribution in [0.2, 0.25) is 0 Å². The van der Waals surface area contributed by atoms with Crippen molar-refractivity contribution in [1.29, 1.82) is 0 Å². The first kappa shape index (κ1) is 16.4. The van der Waals surface area contributed by atoms with E-state index in [1.807, 2.05) is 0 Å². The maximum atomic E-state index is 11.6. The summed E-state index contributed by atoms with van der Waals surface area (Å²) in [7, 11) is -3.33. The smallest absolute Gasteiger partial charge is 0.303 e. The van der Waals surface area contributed by atoms with Crippen LogP contribution in [-0.2, 0) is 14.8 Å². The van der Waals surface area contributed by atoms with E-state index in [4.69, 9.17) is 5.11 Å². The third-order valence-corrected chi connectivity index (χ3v) is 4.90. The van der Waals surface area contributed by atoms with Gasteiger partial charge < -0.3 is 10.0 Å². The molecule has 1 heterocycles. The highest BCUT2D eigenvalue weighted by molar-refractivity contribution is 7.89. The summed E-state index contributed by atoms with van der Waals surface area (Å²) in [5.41, 5.74) is 0. The number of carbonyl (C=O) groups is 1. The summed E-state index contributed by atoms with van der Waals surface area (Å²) in [6, 6.07) is 0. The number of hydrogen-bond acceptors (Lipinski definition) is 4. The molecule has 0 aromatic rings. The molecule has 0 saturated carbocycles. The molecule has 1 rings (SSSR count). The quantitative estimate of drug-likeness (QED) is 0.680. The number of nitrogens with one attached hydrogen (secondary N) is 1. The van der Waals surface area contributed by atoms with E-state index in [2.05, 4.69) is 16.5 Å². The lowest BCUT2D eigenvalue weighted by atomic mass is 9.99. The third kappa shape index (κ3) is 7.49. The van der Waals surface area contributed by atoms with Crippen molar-refractivity contribution in [3.05, 3.63) is 0 Å². The van der Waals surface area contributed by atoms with E-state index in [0.717, 1.165) is 25.6 Å².